The van der Waals surface area contributed by atoms with E-state index in [2.05, 4.69) is 10.6 Å². The van der Waals surface area contributed by atoms with Crippen molar-refractivity contribution >= 4 is 17.5 Å². The first-order valence-corrected chi connectivity index (χ1v) is 7.59. The third-order valence-electron chi connectivity index (χ3n) is 3.78. The third-order valence-corrected chi connectivity index (χ3v) is 3.78. The maximum atomic E-state index is 12.2. The van der Waals surface area contributed by atoms with Crippen LogP contribution in [0.1, 0.15) is 22.8 Å². The van der Waals surface area contributed by atoms with Gasteiger partial charge in [-0.3, -0.25) is 9.59 Å². The summed E-state index contributed by atoms with van der Waals surface area (Å²) >= 11 is 0. The molecule has 24 heavy (non-hydrogen) atoms. The van der Waals surface area contributed by atoms with Crippen LogP contribution in [0.2, 0.25) is 0 Å². The molecule has 2 amide bonds. The number of anilines is 1. The lowest BCUT2D eigenvalue weighted by atomic mass is 10.1. The summed E-state index contributed by atoms with van der Waals surface area (Å²) in [5.74, 6) is 0.977. The first-order valence-electron chi connectivity index (χ1n) is 7.59. The van der Waals surface area contributed by atoms with Gasteiger partial charge in [0.15, 0.2) is 6.10 Å². The van der Waals surface area contributed by atoms with E-state index in [-0.39, 0.29) is 11.8 Å². The predicted molar refractivity (Wildman–Crippen MR) is 89.3 cm³/mol. The first-order chi connectivity index (χ1) is 11.6. The zero-order valence-corrected chi connectivity index (χ0v) is 13.5. The largest absolute Gasteiger partial charge is 0.497 e. The summed E-state index contributed by atoms with van der Waals surface area (Å²) in [4.78, 5) is 23.8. The number of ether oxygens (including phenoxy) is 2. The Kier molecular flexibility index (Phi) is 4.37. The van der Waals surface area contributed by atoms with Crippen molar-refractivity contribution in [2.45, 2.75) is 19.6 Å². The zero-order chi connectivity index (χ0) is 17.1. The van der Waals surface area contributed by atoms with Gasteiger partial charge in [-0.2, -0.15) is 0 Å². The van der Waals surface area contributed by atoms with E-state index in [4.69, 9.17) is 9.47 Å². The fourth-order valence-corrected chi connectivity index (χ4v) is 2.39. The van der Waals surface area contributed by atoms with Crippen LogP contribution in [-0.2, 0) is 11.3 Å². The van der Waals surface area contributed by atoms with E-state index in [9.17, 15) is 9.59 Å². The molecular formula is C18H18N2O4. The Balaban J connectivity index is 1.65. The summed E-state index contributed by atoms with van der Waals surface area (Å²) in [5, 5.41) is 5.64. The second-order valence-corrected chi connectivity index (χ2v) is 5.49. The van der Waals surface area contributed by atoms with Crippen LogP contribution < -0.4 is 20.1 Å². The van der Waals surface area contributed by atoms with Crippen molar-refractivity contribution in [3.8, 4) is 11.5 Å². The highest BCUT2D eigenvalue weighted by molar-refractivity contribution is 5.97. The van der Waals surface area contributed by atoms with Crippen LogP contribution in [0.15, 0.2) is 42.5 Å². The second-order valence-electron chi connectivity index (χ2n) is 5.49. The Morgan fingerprint density at radius 2 is 2.00 bits per heavy atom. The van der Waals surface area contributed by atoms with Crippen LogP contribution in [0.5, 0.6) is 11.5 Å². The second kappa shape index (κ2) is 6.62. The quantitative estimate of drug-likeness (QED) is 0.904. The molecule has 0 aromatic heterocycles. The summed E-state index contributed by atoms with van der Waals surface area (Å²) in [6, 6.07) is 12.3. The fraction of sp³-hybridized carbons (Fsp3) is 0.222. The van der Waals surface area contributed by atoms with Crippen LogP contribution in [0.3, 0.4) is 0 Å². The Hall–Kier alpha value is -3.02. The third kappa shape index (κ3) is 3.32. The Labute approximate surface area is 139 Å². The molecule has 3 rings (SSSR count). The van der Waals surface area contributed by atoms with E-state index in [0.29, 0.717) is 29.3 Å². The molecule has 1 unspecified atom stereocenters. The number of nitrogens with one attached hydrogen (secondary N) is 2. The molecule has 2 aromatic rings. The number of benzene rings is 2. The van der Waals surface area contributed by atoms with Gasteiger partial charge in [-0.25, -0.2) is 0 Å². The number of methoxy groups -OCH3 is 1. The van der Waals surface area contributed by atoms with Crippen LogP contribution in [0, 0.1) is 0 Å². The van der Waals surface area contributed by atoms with E-state index in [1.54, 1.807) is 50.4 Å². The number of amides is 2. The van der Waals surface area contributed by atoms with E-state index in [1.807, 2.05) is 6.07 Å². The standard InChI is InChI=1S/C18H18N2O4/c1-11-17(21)20-15-9-12(3-8-16(15)24-11)10-19-18(22)13-4-6-14(23-2)7-5-13/h3-9,11H,10H2,1-2H3,(H,19,22)(H,20,21). The molecule has 2 N–H and O–H groups in total. The van der Waals surface area contributed by atoms with E-state index >= 15 is 0 Å². The maximum absolute atomic E-state index is 12.2. The van der Waals surface area contributed by atoms with Gasteiger partial charge in [-0.15, -0.1) is 0 Å². The minimum absolute atomic E-state index is 0.177. The van der Waals surface area contributed by atoms with Crippen molar-refractivity contribution in [2.24, 2.45) is 0 Å². The van der Waals surface area contributed by atoms with Crippen molar-refractivity contribution in [1.29, 1.82) is 0 Å². The minimum atomic E-state index is -0.502. The van der Waals surface area contributed by atoms with Crippen molar-refractivity contribution in [2.75, 3.05) is 12.4 Å². The number of carbonyl (C=O) groups excluding carboxylic acids is 2. The van der Waals surface area contributed by atoms with Gasteiger partial charge < -0.3 is 20.1 Å². The highest BCUT2D eigenvalue weighted by Crippen LogP contribution is 2.30. The number of rotatable bonds is 4. The molecule has 0 aliphatic carbocycles. The molecule has 1 heterocycles. The molecule has 6 heteroatoms. The van der Waals surface area contributed by atoms with E-state index < -0.39 is 6.10 Å². The summed E-state index contributed by atoms with van der Waals surface area (Å²) in [5.41, 5.74) is 2.04. The number of carbonyl (C=O) groups is 2. The van der Waals surface area contributed by atoms with Crippen LogP contribution in [-0.4, -0.2) is 25.0 Å². The summed E-state index contributed by atoms with van der Waals surface area (Å²) in [7, 11) is 1.58. The average molecular weight is 326 g/mol. The molecule has 1 aliphatic heterocycles. The molecule has 2 aromatic carbocycles. The zero-order valence-electron chi connectivity index (χ0n) is 13.5. The monoisotopic (exact) mass is 326 g/mol. The van der Waals surface area contributed by atoms with Crippen molar-refractivity contribution in [1.82, 2.24) is 5.32 Å². The first kappa shape index (κ1) is 15.9. The molecule has 0 fully saturated rings. The average Bonchev–Trinajstić information content (AvgIpc) is 2.60. The Morgan fingerprint density at radius 3 is 2.71 bits per heavy atom. The molecular weight excluding hydrogens is 308 g/mol. The van der Waals surface area contributed by atoms with E-state index in [0.717, 1.165) is 5.56 Å². The molecule has 124 valence electrons. The maximum Gasteiger partial charge on any atom is 0.265 e. The summed E-state index contributed by atoms with van der Waals surface area (Å²) in [6.45, 7) is 2.05. The highest BCUT2D eigenvalue weighted by Gasteiger charge is 2.23. The predicted octanol–water partition coefficient (Wildman–Crippen LogP) is 2.34. The molecule has 0 saturated heterocycles. The Morgan fingerprint density at radius 1 is 1.25 bits per heavy atom. The van der Waals surface area contributed by atoms with Crippen LogP contribution in [0.4, 0.5) is 5.69 Å². The molecule has 1 atom stereocenters. The van der Waals surface area contributed by atoms with Gasteiger partial charge in [0.25, 0.3) is 11.8 Å². The highest BCUT2D eigenvalue weighted by atomic mass is 16.5. The van der Waals surface area contributed by atoms with Gasteiger partial charge in [0.2, 0.25) is 0 Å². The van der Waals surface area contributed by atoms with Gasteiger partial charge >= 0.3 is 0 Å². The van der Waals surface area contributed by atoms with Gasteiger partial charge in [0.1, 0.15) is 11.5 Å². The van der Waals surface area contributed by atoms with Gasteiger partial charge in [0, 0.05) is 12.1 Å². The lowest BCUT2D eigenvalue weighted by Gasteiger charge is -2.23. The molecule has 6 nitrogen and oxygen atoms in total. The molecule has 0 radical (unpaired) electrons. The van der Waals surface area contributed by atoms with Crippen molar-refractivity contribution in [3.05, 3.63) is 53.6 Å². The fourth-order valence-electron chi connectivity index (χ4n) is 2.39. The molecule has 0 saturated carbocycles. The van der Waals surface area contributed by atoms with Crippen LogP contribution in [0.25, 0.3) is 0 Å². The van der Waals surface area contributed by atoms with Gasteiger partial charge in [-0.1, -0.05) is 6.07 Å². The molecule has 0 bridgehead atoms. The number of fused-ring (bicyclic) bond motifs is 1. The summed E-state index contributed by atoms with van der Waals surface area (Å²) in [6.07, 6.45) is -0.502. The van der Waals surface area contributed by atoms with Gasteiger partial charge in [-0.05, 0) is 48.9 Å². The topological polar surface area (TPSA) is 76.7 Å². The van der Waals surface area contributed by atoms with Crippen LogP contribution >= 0.6 is 0 Å². The normalized spacial score (nSPS) is 15.8. The smallest absolute Gasteiger partial charge is 0.265 e. The summed E-state index contributed by atoms with van der Waals surface area (Å²) < 4.78 is 10.6. The number of hydrogen-bond donors (Lipinski definition) is 2. The Bertz CT molecular complexity index is 771. The van der Waals surface area contributed by atoms with Crippen molar-refractivity contribution in [3.63, 3.8) is 0 Å². The van der Waals surface area contributed by atoms with Gasteiger partial charge in [0.05, 0.1) is 12.8 Å². The SMILES string of the molecule is COc1ccc(C(=O)NCc2ccc3c(c2)NC(=O)C(C)O3)cc1. The minimum Gasteiger partial charge on any atom is -0.497 e. The lowest BCUT2D eigenvalue weighted by Crippen LogP contribution is -2.34. The molecule has 1 aliphatic rings. The van der Waals surface area contributed by atoms with E-state index in [1.165, 1.54) is 0 Å². The molecule has 0 spiro atoms. The van der Waals surface area contributed by atoms with Crippen molar-refractivity contribution < 1.29 is 19.1 Å². The lowest BCUT2D eigenvalue weighted by molar-refractivity contribution is -0.122. The number of hydrogen-bond acceptors (Lipinski definition) is 4.